The van der Waals surface area contributed by atoms with Gasteiger partial charge in [0, 0.05) is 11.3 Å². The van der Waals surface area contributed by atoms with Gasteiger partial charge < -0.3 is 24.4 Å². The summed E-state index contributed by atoms with van der Waals surface area (Å²) >= 11 is 7.52. The topological polar surface area (TPSA) is 124 Å². The molecule has 10 nitrogen and oxygen atoms in total. The second kappa shape index (κ2) is 9.59. The van der Waals surface area contributed by atoms with Gasteiger partial charge in [-0.2, -0.15) is 4.99 Å². The van der Waals surface area contributed by atoms with Crippen LogP contribution in [0.2, 0.25) is 5.02 Å². The second-order valence-electron chi connectivity index (χ2n) is 8.47. The average Bonchev–Trinajstić information content (AvgIpc) is 3.15. The van der Waals surface area contributed by atoms with Crippen LogP contribution in [0.1, 0.15) is 20.8 Å². The van der Waals surface area contributed by atoms with E-state index in [1.54, 1.807) is 37.8 Å². The number of thioether (sulfide) groups is 1. The van der Waals surface area contributed by atoms with Gasteiger partial charge in [-0.15, -0.1) is 0 Å². The lowest BCUT2D eigenvalue weighted by Gasteiger charge is -2.27. The van der Waals surface area contributed by atoms with Crippen LogP contribution >= 0.6 is 23.4 Å². The summed E-state index contributed by atoms with van der Waals surface area (Å²) in [5, 5.41) is 2.65. The van der Waals surface area contributed by atoms with E-state index in [9.17, 15) is 18.0 Å². The third kappa shape index (κ3) is 6.04. The molecule has 0 bridgehead atoms. The highest BCUT2D eigenvalue weighted by Crippen LogP contribution is 2.46. The standard InChI is InChI=1S/C20H26ClN3O7S2/c1-20(2,3)31-19(26)22-8-17(25)23-18-24(13-9-33(27,28)10-16(13)32-18)12-6-11(21)14(29-4)7-15(12)30-5/h6-7,13,16H,8-10H2,1-5H3,(H,22,26)/t13-,16-/m0/s1. The van der Waals surface area contributed by atoms with Gasteiger partial charge in [-0.05, 0) is 26.8 Å². The van der Waals surface area contributed by atoms with Crippen molar-refractivity contribution >= 4 is 56.1 Å². The van der Waals surface area contributed by atoms with Crippen LogP contribution in [0.3, 0.4) is 0 Å². The SMILES string of the molecule is COc1cc(OC)c(N2C(=NC(=O)CNC(=O)OC(C)(C)C)S[C@H]3CS(=O)(=O)C[C@@H]32)cc1Cl. The van der Waals surface area contributed by atoms with Crippen molar-refractivity contribution < 1.29 is 32.2 Å². The Hall–Kier alpha value is -2.18. The summed E-state index contributed by atoms with van der Waals surface area (Å²) in [5.41, 5.74) is -0.239. The molecule has 2 fully saturated rings. The molecule has 33 heavy (non-hydrogen) atoms. The normalized spacial score (nSPS) is 22.7. The van der Waals surface area contributed by atoms with Crippen molar-refractivity contribution in [1.29, 1.82) is 0 Å². The van der Waals surface area contributed by atoms with Gasteiger partial charge in [0.15, 0.2) is 15.0 Å². The van der Waals surface area contributed by atoms with Gasteiger partial charge in [0.1, 0.15) is 23.6 Å². The van der Waals surface area contributed by atoms with Gasteiger partial charge >= 0.3 is 6.09 Å². The Balaban J connectivity index is 1.91. The molecule has 2 aliphatic rings. The first-order chi connectivity index (χ1) is 15.3. The molecule has 13 heteroatoms. The van der Waals surface area contributed by atoms with Crippen molar-refractivity contribution in [3.63, 3.8) is 0 Å². The molecule has 182 valence electrons. The molecular formula is C20H26ClN3O7S2. The maximum absolute atomic E-state index is 12.5. The summed E-state index contributed by atoms with van der Waals surface area (Å²) in [6.45, 7) is 4.76. The van der Waals surface area contributed by atoms with E-state index in [4.69, 9.17) is 25.8 Å². The summed E-state index contributed by atoms with van der Waals surface area (Å²) in [7, 11) is -0.324. The number of halogens is 1. The number of hydrogen-bond donors (Lipinski definition) is 1. The quantitative estimate of drug-likeness (QED) is 0.624. The summed E-state index contributed by atoms with van der Waals surface area (Å²) in [6, 6.07) is 2.72. The summed E-state index contributed by atoms with van der Waals surface area (Å²) < 4.78 is 40.4. The highest BCUT2D eigenvalue weighted by molar-refractivity contribution is 8.16. The Morgan fingerprint density at radius 2 is 1.88 bits per heavy atom. The molecule has 1 N–H and O–H groups in total. The zero-order valence-corrected chi connectivity index (χ0v) is 21.3. The lowest BCUT2D eigenvalue weighted by atomic mass is 10.2. The van der Waals surface area contributed by atoms with E-state index in [1.165, 1.54) is 26.0 Å². The third-order valence-electron chi connectivity index (χ3n) is 4.78. The molecule has 1 aromatic carbocycles. The Labute approximate surface area is 201 Å². The van der Waals surface area contributed by atoms with Crippen molar-refractivity contribution in [3.8, 4) is 11.5 Å². The minimum atomic E-state index is -3.25. The van der Waals surface area contributed by atoms with Gasteiger partial charge in [0.05, 0.1) is 42.5 Å². The lowest BCUT2D eigenvalue weighted by molar-refractivity contribution is -0.117. The molecule has 0 radical (unpaired) electrons. The highest BCUT2D eigenvalue weighted by atomic mass is 35.5. The summed E-state index contributed by atoms with van der Waals surface area (Å²) in [5.74, 6) is 0.0225. The fourth-order valence-corrected chi connectivity index (χ4v) is 7.65. The van der Waals surface area contributed by atoms with Crippen LogP contribution in [0, 0.1) is 0 Å². The van der Waals surface area contributed by atoms with E-state index in [1.807, 2.05) is 0 Å². The number of ether oxygens (including phenoxy) is 3. The molecule has 2 saturated heterocycles. The Kier molecular flexibility index (Phi) is 7.39. The maximum Gasteiger partial charge on any atom is 0.408 e. The largest absolute Gasteiger partial charge is 0.495 e. The van der Waals surface area contributed by atoms with Gasteiger partial charge in [0.25, 0.3) is 5.91 Å². The van der Waals surface area contributed by atoms with Crippen molar-refractivity contribution in [1.82, 2.24) is 5.32 Å². The molecule has 0 aromatic heterocycles. The van der Waals surface area contributed by atoms with Crippen molar-refractivity contribution in [2.45, 2.75) is 37.7 Å². The fraction of sp³-hybridized carbons (Fsp3) is 0.550. The summed E-state index contributed by atoms with van der Waals surface area (Å²) in [6.07, 6.45) is -0.737. The van der Waals surface area contributed by atoms with Crippen LogP contribution < -0.4 is 19.7 Å². The Morgan fingerprint density at radius 3 is 2.48 bits per heavy atom. The number of carbonyl (C=O) groups excluding carboxylic acids is 2. The third-order valence-corrected chi connectivity index (χ3v) is 8.29. The number of nitrogens with one attached hydrogen (secondary N) is 1. The molecule has 1 aromatic rings. The van der Waals surface area contributed by atoms with E-state index in [-0.39, 0.29) is 23.3 Å². The number of benzene rings is 1. The molecule has 2 aliphatic heterocycles. The van der Waals surface area contributed by atoms with Crippen LogP contribution in [0.15, 0.2) is 17.1 Å². The molecule has 2 atom stereocenters. The molecule has 0 spiro atoms. The maximum atomic E-state index is 12.5. The molecule has 0 unspecified atom stereocenters. The average molecular weight is 520 g/mol. The van der Waals surface area contributed by atoms with Crippen LogP contribution in [0.25, 0.3) is 0 Å². The molecule has 0 aliphatic carbocycles. The smallest absolute Gasteiger partial charge is 0.408 e. The minimum Gasteiger partial charge on any atom is -0.495 e. The van der Waals surface area contributed by atoms with E-state index in [0.29, 0.717) is 27.4 Å². The van der Waals surface area contributed by atoms with Gasteiger partial charge in [-0.1, -0.05) is 23.4 Å². The van der Waals surface area contributed by atoms with Crippen LogP contribution in [0.4, 0.5) is 10.5 Å². The monoisotopic (exact) mass is 519 g/mol. The van der Waals surface area contributed by atoms with E-state index in [2.05, 4.69) is 10.3 Å². The van der Waals surface area contributed by atoms with E-state index >= 15 is 0 Å². The van der Waals surface area contributed by atoms with Crippen molar-refractivity contribution in [2.24, 2.45) is 4.99 Å². The molecule has 2 heterocycles. The first-order valence-electron chi connectivity index (χ1n) is 9.99. The van der Waals surface area contributed by atoms with E-state index < -0.39 is 33.5 Å². The predicted molar refractivity (Wildman–Crippen MR) is 128 cm³/mol. The first-order valence-corrected chi connectivity index (χ1v) is 13.1. The van der Waals surface area contributed by atoms with Crippen molar-refractivity contribution in [3.05, 3.63) is 17.2 Å². The highest BCUT2D eigenvalue weighted by Gasteiger charge is 2.50. The number of aliphatic imine (C=N–C) groups is 1. The van der Waals surface area contributed by atoms with Gasteiger partial charge in [-0.3, -0.25) is 4.79 Å². The Morgan fingerprint density at radius 1 is 1.21 bits per heavy atom. The predicted octanol–water partition coefficient (Wildman–Crippen LogP) is 2.48. The number of alkyl carbamates (subject to hydrolysis) is 1. The van der Waals surface area contributed by atoms with Crippen LogP contribution in [-0.2, 0) is 19.4 Å². The number of hydrogen-bond acceptors (Lipinski definition) is 8. The first kappa shape index (κ1) is 25.4. The number of anilines is 1. The second-order valence-corrected chi connectivity index (χ2v) is 12.2. The molecule has 2 amide bonds. The number of methoxy groups -OCH3 is 2. The fourth-order valence-electron chi connectivity index (χ4n) is 3.49. The lowest BCUT2D eigenvalue weighted by Crippen LogP contribution is -2.39. The number of sulfone groups is 1. The van der Waals surface area contributed by atoms with E-state index in [0.717, 1.165) is 0 Å². The number of nitrogens with zero attached hydrogens (tertiary/aromatic N) is 2. The van der Waals surface area contributed by atoms with Crippen LogP contribution in [0.5, 0.6) is 11.5 Å². The Bertz CT molecular complexity index is 1090. The molecule has 0 saturated carbocycles. The number of amidine groups is 1. The summed E-state index contributed by atoms with van der Waals surface area (Å²) in [4.78, 5) is 30.2. The van der Waals surface area contributed by atoms with Crippen molar-refractivity contribution in [2.75, 3.05) is 37.2 Å². The number of fused-ring (bicyclic) bond motifs is 1. The number of carbonyl (C=O) groups is 2. The number of rotatable bonds is 5. The minimum absolute atomic E-state index is 0.0333. The van der Waals surface area contributed by atoms with Gasteiger partial charge in [0.2, 0.25) is 0 Å². The van der Waals surface area contributed by atoms with Gasteiger partial charge in [-0.25, -0.2) is 13.2 Å². The molecule has 3 rings (SSSR count). The zero-order chi connectivity index (χ0) is 24.6. The van der Waals surface area contributed by atoms with Crippen LogP contribution in [-0.4, -0.2) is 74.7 Å². The molecular weight excluding hydrogens is 494 g/mol. The zero-order valence-electron chi connectivity index (χ0n) is 18.9. The number of amides is 2.